The van der Waals surface area contributed by atoms with Gasteiger partial charge in [-0.1, -0.05) is 57.2 Å². The molecule has 0 aliphatic carbocycles. The van der Waals surface area contributed by atoms with Gasteiger partial charge in [-0.15, -0.1) is 0 Å². The molecule has 4 aromatic rings. The maximum atomic E-state index is 5.92. The molecule has 4 rings (SSSR count). The van der Waals surface area contributed by atoms with Crippen LogP contribution in [0.25, 0.3) is 11.0 Å². The molecule has 3 heteroatoms. The number of aromatic nitrogens is 2. The van der Waals surface area contributed by atoms with Crippen molar-refractivity contribution in [2.45, 2.75) is 45.6 Å². The highest BCUT2D eigenvalue weighted by molar-refractivity contribution is 5.78. The van der Waals surface area contributed by atoms with Crippen LogP contribution in [-0.4, -0.2) is 9.78 Å². The van der Waals surface area contributed by atoms with E-state index in [1.54, 1.807) is 0 Å². The molecule has 27 heavy (non-hydrogen) atoms. The van der Waals surface area contributed by atoms with Crippen molar-refractivity contribution >= 4 is 11.0 Å². The van der Waals surface area contributed by atoms with Crippen LogP contribution in [0.15, 0.2) is 71.4 Å². The minimum atomic E-state index is 0.412. The van der Waals surface area contributed by atoms with Gasteiger partial charge >= 0.3 is 0 Å². The maximum Gasteiger partial charge on any atom is 0.134 e. The van der Waals surface area contributed by atoms with E-state index in [1.807, 2.05) is 16.9 Å². The lowest BCUT2D eigenvalue weighted by atomic mass is 9.95. The van der Waals surface area contributed by atoms with Gasteiger partial charge in [0.05, 0.1) is 12.7 Å². The van der Waals surface area contributed by atoms with Crippen molar-refractivity contribution in [3.8, 4) is 0 Å². The predicted molar refractivity (Wildman–Crippen MR) is 110 cm³/mol. The van der Waals surface area contributed by atoms with Gasteiger partial charge in [0.25, 0.3) is 0 Å². The topological polar surface area (TPSA) is 31.0 Å². The Morgan fingerprint density at radius 1 is 0.963 bits per heavy atom. The van der Waals surface area contributed by atoms with E-state index in [4.69, 9.17) is 4.42 Å². The van der Waals surface area contributed by atoms with Gasteiger partial charge in [0.2, 0.25) is 0 Å². The first-order valence-electron chi connectivity index (χ1n) is 9.67. The zero-order valence-electron chi connectivity index (χ0n) is 16.2. The fourth-order valence-electron chi connectivity index (χ4n) is 3.49. The Balaban J connectivity index is 1.47. The van der Waals surface area contributed by atoms with Crippen LogP contribution in [-0.2, 0) is 13.0 Å². The second kappa shape index (κ2) is 7.43. The summed E-state index contributed by atoms with van der Waals surface area (Å²) in [4.78, 5) is 0. The van der Waals surface area contributed by atoms with Crippen LogP contribution in [0.4, 0.5) is 0 Å². The molecule has 2 heterocycles. The summed E-state index contributed by atoms with van der Waals surface area (Å²) in [6.45, 7) is 7.40. The molecule has 1 unspecified atom stereocenters. The Morgan fingerprint density at radius 3 is 2.56 bits per heavy atom. The van der Waals surface area contributed by atoms with Gasteiger partial charge in [-0.3, -0.25) is 4.68 Å². The number of hydrogen-bond donors (Lipinski definition) is 0. The highest BCUT2D eigenvalue weighted by Gasteiger charge is 2.12. The summed E-state index contributed by atoms with van der Waals surface area (Å²) >= 11 is 0. The summed E-state index contributed by atoms with van der Waals surface area (Å²) in [6.07, 6.45) is 5.17. The van der Waals surface area contributed by atoms with Gasteiger partial charge in [0.1, 0.15) is 11.3 Å². The second-order valence-electron chi connectivity index (χ2n) is 7.74. The average Bonchev–Trinajstić information content (AvgIpc) is 3.29. The Morgan fingerprint density at radius 2 is 1.78 bits per heavy atom. The Bertz CT molecular complexity index is 1030. The molecule has 0 bridgehead atoms. The average molecular weight is 358 g/mol. The van der Waals surface area contributed by atoms with Crippen molar-refractivity contribution in [1.82, 2.24) is 9.78 Å². The summed E-state index contributed by atoms with van der Waals surface area (Å²) in [5, 5.41) is 5.75. The molecule has 0 aliphatic heterocycles. The van der Waals surface area contributed by atoms with Crippen LogP contribution in [0.2, 0.25) is 0 Å². The van der Waals surface area contributed by atoms with Gasteiger partial charge in [0, 0.05) is 17.5 Å². The van der Waals surface area contributed by atoms with Crippen molar-refractivity contribution < 1.29 is 4.42 Å². The summed E-state index contributed by atoms with van der Waals surface area (Å²) < 4.78 is 7.94. The number of nitrogens with zero attached hydrogens (tertiary/aromatic N) is 2. The number of hydrogen-bond acceptors (Lipinski definition) is 2. The van der Waals surface area contributed by atoms with Crippen LogP contribution in [0.1, 0.15) is 55.1 Å². The normalized spacial score (nSPS) is 12.7. The zero-order chi connectivity index (χ0) is 18.8. The van der Waals surface area contributed by atoms with Gasteiger partial charge in [-0.25, -0.2) is 0 Å². The van der Waals surface area contributed by atoms with Gasteiger partial charge in [-0.05, 0) is 47.2 Å². The first-order valence-corrected chi connectivity index (χ1v) is 9.67. The monoisotopic (exact) mass is 358 g/mol. The van der Waals surface area contributed by atoms with E-state index in [1.165, 1.54) is 22.1 Å². The van der Waals surface area contributed by atoms with E-state index >= 15 is 0 Å². The van der Waals surface area contributed by atoms with Gasteiger partial charge in [-0.2, -0.15) is 5.10 Å². The third-order valence-corrected chi connectivity index (χ3v) is 5.12. The zero-order valence-corrected chi connectivity index (χ0v) is 16.2. The lowest BCUT2D eigenvalue weighted by molar-refractivity contribution is 0.521. The first kappa shape index (κ1) is 17.6. The first-order chi connectivity index (χ1) is 13.1. The molecule has 0 N–H and O–H groups in total. The van der Waals surface area contributed by atoms with E-state index < -0.39 is 0 Å². The summed E-state index contributed by atoms with van der Waals surface area (Å²) in [5.41, 5.74) is 4.86. The van der Waals surface area contributed by atoms with E-state index in [9.17, 15) is 0 Å². The molecular formula is C24H26N2O. The van der Waals surface area contributed by atoms with Crippen LogP contribution >= 0.6 is 0 Å². The number of benzene rings is 2. The summed E-state index contributed by atoms with van der Waals surface area (Å²) in [5.74, 6) is 1.89. The van der Waals surface area contributed by atoms with Crippen LogP contribution < -0.4 is 0 Å². The molecular weight excluding hydrogens is 332 g/mol. The fraction of sp³-hybridized carbons (Fsp3) is 0.292. The van der Waals surface area contributed by atoms with E-state index in [0.717, 1.165) is 24.3 Å². The molecule has 0 amide bonds. The van der Waals surface area contributed by atoms with Crippen LogP contribution in [0, 0.1) is 0 Å². The third kappa shape index (κ3) is 3.97. The highest BCUT2D eigenvalue weighted by atomic mass is 16.3. The molecule has 3 nitrogen and oxygen atoms in total. The lowest BCUT2D eigenvalue weighted by Crippen LogP contribution is -2.00. The molecule has 0 radical (unpaired) electrons. The van der Waals surface area contributed by atoms with Crippen molar-refractivity contribution in [3.63, 3.8) is 0 Å². The van der Waals surface area contributed by atoms with Gasteiger partial charge < -0.3 is 4.42 Å². The maximum absolute atomic E-state index is 5.92. The van der Waals surface area contributed by atoms with E-state index in [-0.39, 0.29) is 0 Å². The van der Waals surface area contributed by atoms with Crippen molar-refractivity contribution in [1.29, 1.82) is 0 Å². The minimum Gasteiger partial charge on any atom is -0.461 e. The quantitative estimate of drug-likeness (QED) is 0.414. The molecule has 0 aliphatic rings. The van der Waals surface area contributed by atoms with Gasteiger partial charge in [0.15, 0.2) is 0 Å². The molecule has 0 saturated heterocycles. The lowest BCUT2D eigenvalue weighted by Gasteiger charge is -2.09. The molecule has 138 valence electrons. The molecule has 0 saturated carbocycles. The molecule has 2 aromatic carbocycles. The Kier molecular flexibility index (Phi) is 4.85. The SMILES string of the molecule is CC(C)c1cc2cc(CC(C)c3cnn(Cc4ccccc4)c3)ccc2o1. The molecule has 1 atom stereocenters. The highest BCUT2D eigenvalue weighted by Crippen LogP contribution is 2.27. The number of fused-ring (bicyclic) bond motifs is 1. The smallest absolute Gasteiger partial charge is 0.134 e. The van der Waals surface area contributed by atoms with E-state index in [2.05, 4.69) is 80.6 Å². The minimum absolute atomic E-state index is 0.412. The third-order valence-electron chi connectivity index (χ3n) is 5.12. The van der Waals surface area contributed by atoms with Crippen molar-refractivity contribution in [2.75, 3.05) is 0 Å². The predicted octanol–water partition coefficient (Wildman–Crippen LogP) is 6.15. The molecule has 0 spiro atoms. The van der Waals surface area contributed by atoms with Crippen molar-refractivity contribution in [3.05, 3.63) is 89.4 Å². The second-order valence-corrected chi connectivity index (χ2v) is 7.74. The number of rotatable bonds is 6. The van der Waals surface area contributed by atoms with Crippen molar-refractivity contribution in [2.24, 2.45) is 0 Å². The molecule has 2 aromatic heterocycles. The Labute approximate surface area is 160 Å². The van der Waals surface area contributed by atoms with E-state index in [0.29, 0.717) is 11.8 Å². The fourth-order valence-corrected chi connectivity index (χ4v) is 3.49. The summed E-state index contributed by atoms with van der Waals surface area (Å²) in [7, 11) is 0. The van der Waals surface area contributed by atoms with Crippen LogP contribution in [0.3, 0.4) is 0 Å². The standard InChI is InChI=1S/C24H26N2O/c1-17(2)24-13-21-12-20(9-10-23(21)27-24)11-18(3)22-14-25-26(16-22)15-19-7-5-4-6-8-19/h4-10,12-14,16-18H,11,15H2,1-3H3. The van der Waals surface area contributed by atoms with Crippen LogP contribution in [0.5, 0.6) is 0 Å². The largest absolute Gasteiger partial charge is 0.461 e. The molecule has 0 fully saturated rings. The number of furan rings is 1. The Hall–Kier alpha value is -2.81. The summed E-state index contributed by atoms with van der Waals surface area (Å²) in [6, 6.07) is 19.2.